The van der Waals surface area contributed by atoms with E-state index >= 15 is 0 Å². The molecular weight excluding hydrogens is 208 g/mol. The quantitative estimate of drug-likeness (QED) is 0.850. The first-order chi connectivity index (χ1) is 7.22. The fourth-order valence-corrected chi connectivity index (χ4v) is 2.16. The molecule has 80 valence electrons. The van der Waals surface area contributed by atoms with Crippen molar-refractivity contribution in [3.05, 3.63) is 21.9 Å². The van der Waals surface area contributed by atoms with Crippen LogP contribution in [0.1, 0.15) is 35.5 Å². The molecule has 0 bridgehead atoms. The van der Waals surface area contributed by atoms with Gasteiger partial charge < -0.3 is 5.32 Å². The van der Waals surface area contributed by atoms with Gasteiger partial charge in [0.1, 0.15) is 6.04 Å². The summed E-state index contributed by atoms with van der Waals surface area (Å²) in [6.07, 6.45) is 1.48. The summed E-state index contributed by atoms with van der Waals surface area (Å²) in [5.41, 5.74) is 1.05. The summed E-state index contributed by atoms with van der Waals surface area (Å²) in [7, 11) is 0. The first-order valence-corrected chi connectivity index (χ1v) is 5.87. The van der Waals surface area contributed by atoms with E-state index in [1.54, 1.807) is 0 Å². The molecule has 0 aliphatic carbocycles. The number of nitrogens with one attached hydrogen (secondary N) is 1. The molecule has 15 heavy (non-hydrogen) atoms. The molecule has 1 aromatic rings. The lowest BCUT2D eigenvalue weighted by Crippen LogP contribution is -2.33. The number of aryl methyl sites for hydroxylation is 1. The average molecular weight is 222 g/mol. The molecule has 0 aliphatic rings. The molecule has 4 heteroatoms. The van der Waals surface area contributed by atoms with Crippen LogP contribution in [-0.2, 0) is 6.42 Å². The molecule has 1 rings (SSSR count). The zero-order valence-electron chi connectivity index (χ0n) is 8.91. The van der Waals surface area contributed by atoms with Crippen LogP contribution >= 0.6 is 11.3 Å². The van der Waals surface area contributed by atoms with Crippen LogP contribution in [0.3, 0.4) is 0 Å². The number of nitriles is 1. The van der Waals surface area contributed by atoms with Crippen molar-refractivity contribution in [3.8, 4) is 6.07 Å². The summed E-state index contributed by atoms with van der Waals surface area (Å²) in [4.78, 5) is 12.5. The Kier molecular flexibility index (Phi) is 4.32. The van der Waals surface area contributed by atoms with Crippen molar-refractivity contribution in [1.82, 2.24) is 5.32 Å². The highest BCUT2D eigenvalue weighted by atomic mass is 32.1. The Labute approximate surface area is 93.7 Å². The predicted octanol–water partition coefficient (Wildman–Crippen LogP) is 2.34. The number of nitrogens with zero attached hydrogens (tertiary/aromatic N) is 1. The van der Waals surface area contributed by atoms with E-state index in [1.807, 2.05) is 25.3 Å². The largest absolute Gasteiger partial charge is 0.336 e. The molecule has 0 fully saturated rings. The Morgan fingerprint density at radius 2 is 2.40 bits per heavy atom. The minimum Gasteiger partial charge on any atom is -0.336 e. The molecule has 0 aliphatic heterocycles. The third-order valence-corrected chi connectivity index (χ3v) is 3.16. The van der Waals surface area contributed by atoms with Gasteiger partial charge in [-0.15, -0.1) is 11.3 Å². The second-order valence-corrected chi connectivity index (χ2v) is 4.11. The number of amides is 1. The summed E-state index contributed by atoms with van der Waals surface area (Å²) in [6, 6.07) is 3.62. The highest BCUT2D eigenvalue weighted by Crippen LogP contribution is 2.17. The van der Waals surface area contributed by atoms with Crippen LogP contribution in [0, 0.1) is 11.3 Å². The summed E-state index contributed by atoms with van der Waals surface area (Å²) >= 11 is 1.42. The summed E-state index contributed by atoms with van der Waals surface area (Å²) in [6.45, 7) is 3.89. The normalized spacial score (nSPS) is 11.8. The third kappa shape index (κ3) is 2.80. The highest BCUT2D eigenvalue weighted by Gasteiger charge is 2.15. The fraction of sp³-hybridized carbons (Fsp3) is 0.455. The molecule has 0 unspecified atom stereocenters. The third-order valence-electron chi connectivity index (χ3n) is 2.20. The van der Waals surface area contributed by atoms with Gasteiger partial charge in [0.25, 0.3) is 5.91 Å². The lowest BCUT2D eigenvalue weighted by molar-refractivity contribution is 0.0948. The number of thiophene rings is 1. The van der Waals surface area contributed by atoms with Gasteiger partial charge in [-0.2, -0.15) is 5.26 Å². The van der Waals surface area contributed by atoms with E-state index in [4.69, 9.17) is 5.26 Å². The van der Waals surface area contributed by atoms with Gasteiger partial charge >= 0.3 is 0 Å². The standard InChI is InChI=1S/C11H14N2OS/c1-3-8-5-6-15-10(8)11(14)13-9(4-2)7-12/h5-6,9H,3-4H2,1-2H3,(H,13,14)/t9-/m0/s1. The molecule has 1 atom stereocenters. The molecule has 0 aromatic carbocycles. The average Bonchev–Trinajstić information content (AvgIpc) is 2.73. The molecule has 3 nitrogen and oxygen atoms in total. The fourth-order valence-electron chi connectivity index (χ4n) is 1.26. The number of hydrogen-bond donors (Lipinski definition) is 1. The summed E-state index contributed by atoms with van der Waals surface area (Å²) in [5.74, 6) is -0.129. The number of carbonyl (C=O) groups excluding carboxylic acids is 1. The van der Waals surface area contributed by atoms with Crippen LogP contribution in [0.4, 0.5) is 0 Å². The Bertz CT molecular complexity index is 378. The van der Waals surface area contributed by atoms with Crippen molar-refractivity contribution in [3.63, 3.8) is 0 Å². The van der Waals surface area contributed by atoms with Gasteiger partial charge in [0, 0.05) is 0 Å². The van der Waals surface area contributed by atoms with E-state index in [0.29, 0.717) is 6.42 Å². The molecule has 1 heterocycles. The van der Waals surface area contributed by atoms with E-state index in [9.17, 15) is 4.79 Å². The van der Waals surface area contributed by atoms with Crippen molar-refractivity contribution in [2.45, 2.75) is 32.7 Å². The smallest absolute Gasteiger partial charge is 0.262 e. The maximum Gasteiger partial charge on any atom is 0.262 e. The van der Waals surface area contributed by atoms with Crippen LogP contribution in [0.5, 0.6) is 0 Å². The number of hydrogen-bond acceptors (Lipinski definition) is 3. The Hall–Kier alpha value is -1.34. The monoisotopic (exact) mass is 222 g/mol. The molecule has 0 spiro atoms. The van der Waals surface area contributed by atoms with Crippen LogP contribution in [0.25, 0.3) is 0 Å². The van der Waals surface area contributed by atoms with E-state index in [-0.39, 0.29) is 11.9 Å². The highest BCUT2D eigenvalue weighted by molar-refractivity contribution is 7.12. The predicted molar refractivity (Wildman–Crippen MR) is 60.9 cm³/mol. The van der Waals surface area contributed by atoms with E-state index < -0.39 is 0 Å². The van der Waals surface area contributed by atoms with Gasteiger partial charge in [-0.3, -0.25) is 4.79 Å². The van der Waals surface area contributed by atoms with Gasteiger partial charge in [-0.1, -0.05) is 13.8 Å². The molecule has 0 saturated carbocycles. The molecule has 1 N–H and O–H groups in total. The Balaban J connectivity index is 2.73. The van der Waals surface area contributed by atoms with Gasteiger partial charge in [-0.05, 0) is 29.9 Å². The maximum absolute atomic E-state index is 11.8. The van der Waals surface area contributed by atoms with Crippen LogP contribution in [-0.4, -0.2) is 11.9 Å². The SMILES string of the molecule is CCc1ccsc1C(=O)N[C@H](C#N)CC. The van der Waals surface area contributed by atoms with E-state index in [2.05, 4.69) is 11.4 Å². The summed E-state index contributed by atoms with van der Waals surface area (Å²) in [5, 5.41) is 13.3. The zero-order chi connectivity index (χ0) is 11.3. The van der Waals surface area contributed by atoms with Crippen molar-refractivity contribution >= 4 is 17.2 Å². The van der Waals surface area contributed by atoms with Crippen molar-refractivity contribution < 1.29 is 4.79 Å². The van der Waals surface area contributed by atoms with Crippen molar-refractivity contribution in [2.75, 3.05) is 0 Å². The lowest BCUT2D eigenvalue weighted by atomic mass is 10.2. The van der Waals surface area contributed by atoms with Crippen LogP contribution < -0.4 is 5.32 Å². The minimum atomic E-state index is -0.385. The molecule has 1 amide bonds. The van der Waals surface area contributed by atoms with Gasteiger partial charge in [-0.25, -0.2) is 0 Å². The molecule has 0 saturated heterocycles. The van der Waals surface area contributed by atoms with Gasteiger partial charge in [0.15, 0.2) is 0 Å². The Morgan fingerprint density at radius 3 is 2.93 bits per heavy atom. The minimum absolute atomic E-state index is 0.129. The molecule has 1 aromatic heterocycles. The maximum atomic E-state index is 11.8. The zero-order valence-corrected chi connectivity index (χ0v) is 9.73. The van der Waals surface area contributed by atoms with Crippen molar-refractivity contribution in [1.29, 1.82) is 5.26 Å². The van der Waals surface area contributed by atoms with E-state index in [0.717, 1.165) is 16.9 Å². The molecule has 0 radical (unpaired) electrons. The van der Waals surface area contributed by atoms with Gasteiger partial charge in [0.05, 0.1) is 10.9 Å². The van der Waals surface area contributed by atoms with Gasteiger partial charge in [0.2, 0.25) is 0 Å². The second kappa shape index (κ2) is 5.52. The first kappa shape index (κ1) is 11.7. The summed E-state index contributed by atoms with van der Waals surface area (Å²) < 4.78 is 0. The second-order valence-electron chi connectivity index (χ2n) is 3.19. The first-order valence-electron chi connectivity index (χ1n) is 4.99. The Morgan fingerprint density at radius 1 is 1.67 bits per heavy atom. The topological polar surface area (TPSA) is 52.9 Å². The number of rotatable bonds is 4. The van der Waals surface area contributed by atoms with E-state index in [1.165, 1.54) is 11.3 Å². The lowest BCUT2D eigenvalue weighted by Gasteiger charge is -2.08. The van der Waals surface area contributed by atoms with Crippen LogP contribution in [0.2, 0.25) is 0 Å². The molecular formula is C11H14N2OS. The number of carbonyl (C=O) groups is 1. The van der Waals surface area contributed by atoms with Crippen LogP contribution in [0.15, 0.2) is 11.4 Å². The van der Waals surface area contributed by atoms with Crippen molar-refractivity contribution in [2.24, 2.45) is 0 Å².